The summed E-state index contributed by atoms with van der Waals surface area (Å²) in [5, 5.41) is 3.23. The number of nitrogens with one attached hydrogen (secondary N) is 1. The molecular weight excluding hydrogens is 176 g/mol. The Kier molecular flexibility index (Phi) is 2.79. The molecule has 1 aromatic rings. The van der Waals surface area contributed by atoms with Crippen LogP contribution in [-0.4, -0.2) is 25.6 Å². The molecule has 0 saturated heterocycles. The van der Waals surface area contributed by atoms with Crippen molar-refractivity contribution in [1.82, 2.24) is 0 Å². The van der Waals surface area contributed by atoms with Gasteiger partial charge in [0, 0.05) is 5.69 Å². The molecule has 1 N–H and O–H groups in total. The Morgan fingerprint density at radius 3 is 2.71 bits per heavy atom. The fourth-order valence-corrected chi connectivity index (χ4v) is 1.34. The average molecular weight is 190 g/mol. The molecule has 1 aromatic carbocycles. The van der Waals surface area contributed by atoms with Gasteiger partial charge in [-0.1, -0.05) is 17.7 Å². The number of rotatable bonds is 1. The van der Waals surface area contributed by atoms with E-state index in [-0.39, 0.29) is 0 Å². The molecular formula is C11H14N2O. The maximum Gasteiger partial charge on any atom is 0.127 e. The van der Waals surface area contributed by atoms with E-state index in [2.05, 4.69) is 29.4 Å². The van der Waals surface area contributed by atoms with Gasteiger partial charge in [-0.2, -0.15) is 0 Å². The van der Waals surface area contributed by atoms with Crippen LogP contribution in [0.3, 0.4) is 0 Å². The van der Waals surface area contributed by atoms with Gasteiger partial charge in [0.25, 0.3) is 0 Å². The van der Waals surface area contributed by atoms with E-state index in [0.717, 1.165) is 24.7 Å². The molecule has 3 nitrogen and oxygen atoms in total. The Hall–Kier alpha value is -1.35. The zero-order chi connectivity index (χ0) is 9.80. The largest absolute Gasteiger partial charge is 0.372 e. The minimum Gasteiger partial charge on any atom is -0.372 e. The molecule has 0 unspecified atom stereocenters. The Morgan fingerprint density at radius 2 is 2.07 bits per heavy atom. The van der Waals surface area contributed by atoms with Crippen molar-refractivity contribution in [2.45, 2.75) is 6.92 Å². The first-order chi connectivity index (χ1) is 6.84. The van der Waals surface area contributed by atoms with Crippen molar-refractivity contribution in [1.29, 1.82) is 0 Å². The van der Waals surface area contributed by atoms with Gasteiger partial charge in [-0.05, 0) is 19.1 Å². The summed E-state index contributed by atoms with van der Waals surface area (Å²) in [6, 6.07) is 8.25. The lowest BCUT2D eigenvalue weighted by Crippen LogP contribution is -2.24. The summed E-state index contributed by atoms with van der Waals surface area (Å²) in [7, 11) is 0. The highest BCUT2D eigenvalue weighted by Crippen LogP contribution is 2.09. The molecule has 0 aromatic heterocycles. The van der Waals surface area contributed by atoms with Crippen molar-refractivity contribution in [3.63, 3.8) is 0 Å². The lowest BCUT2D eigenvalue weighted by Gasteiger charge is -2.14. The highest BCUT2D eigenvalue weighted by Gasteiger charge is 2.04. The fourth-order valence-electron chi connectivity index (χ4n) is 1.34. The lowest BCUT2D eigenvalue weighted by molar-refractivity contribution is 0.171. The molecule has 0 radical (unpaired) electrons. The molecule has 0 amide bonds. The SMILES string of the molecule is Cc1ccc(NC2=NCCOC2)cc1. The van der Waals surface area contributed by atoms with Crippen LogP contribution in [0.15, 0.2) is 29.3 Å². The molecule has 1 aliphatic heterocycles. The molecule has 2 rings (SSSR count). The zero-order valence-electron chi connectivity index (χ0n) is 8.29. The van der Waals surface area contributed by atoms with E-state index in [4.69, 9.17) is 4.74 Å². The molecule has 3 heteroatoms. The summed E-state index contributed by atoms with van der Waals surface area (Å²) in [6.45, 7) is 4.16. The first-order valence-corrected chi connectivity index (χ1v) is 4.79. The third kappa shape index (κ3) is 2.33. The van der Waals surface area contributed by atoms with Gasteiger partial charge in [-0.3, -0.25) is 4.99 Å². The maximum atomic E-state index is 5.28. The van der Waals surface area contributed by atoms with Crippen LogP contribution in [0.5, 0.6) is 0 Å². The van der Waals surface area contributed by atoms with Crippen LogP contribution in [0, 0.1) is 6.92 Å². The maximum absolute atomic E-state index is 5.28. The monoisotopic (exact) mass is 190 g/mol. The summed E-state index contributed by atoms with van der Waals surface area (Å²) in [4.78, 5) is 4.33. The number of anilines is 1. The van der Waals surface area contributed by atoms with Crippen LogP contribution in [-0.2, 0) is 4.74 Å². The van der Waals surface area contributed by atoms with Crippen LogP contribution >= 0.6 is 0 Å². The highest BCUT2D eigenvalue weighted by molar-refractivity contribution is 5.96. The van der Waals surface area contributed by atoms with Crippen molar-refractivity contribution in [2.24, 2.45) is 4.99 Å². The Balaban J connectivity index is 2.03. The minimum absolute atomic E-state index is 0.591. The Labute approximate surface area is 83.8 Å². The number of ether oxygens (including phenoxy) is 1. The van der Waals surface area contributed by atoms with E-state index < -0.39 is 0 Å². The summed E-state index contributed by atoms with van der Waals surface area (Å²) in [6.07, 6.45) is 0. The topological polar surface area (TPSA) is 33.6 Å². The number of amidine groups is 1. The average Bonchev–Trinajstić information content (AvgIpc) is 2.23. The first kappa shape index (κ1) is 9.21. The predicted molar refractivity (Wildman–Crippen MR) is 57.9 cm³/mol. The van der Waals surface area contributed by atoms with Crippen LogP contribution in [0.1, 0.15) is 5.56 Å². The number of aliphatic imine (C=N–C) groups is 1. The molecule has 14 heavy (non-hydrogen) atoms. The predicted octanol–water partition coefficient (Wildman–Crippen LogP) is 1.84. The minimum atomic E-state index is 0.591. The second-order valence-corrected chi connectivity index (χ2v) is 3.37. The van der Waals surface area contributed by atoms with Crippen molar-refractivity contribution in [3.8, 4) is 0 Å². The highest BCUT2D eigenvalue weighted by atomic mass is 16.5. The number of hydrogen-bond donors (Lipinski definition) is 1. The van der Waals surface area contributed by atoms with E-state index >= 15 is 0 Å². The number of aryl methyl sites for hydroxylation is 1. The van der Waals surface area contributed by atoms with Crippen molar-refractivity contribution >= 4 is 11.5 Å². The second kappa shape index (κ2) is 4.24. The third-order valence-electron chi connectivity index (χ3n) is 2.12. The zero-order valence-corrected chi connectivity index (χ0v) is 8.29. The summed E-state index contributed by atoms with van der Waals surface area (Å²) in [5.41, 5.74) is 2.33. The van der Waals surface area contributed by atoms with Crippen LogP contribution < -0.4 is 5.32 Å². The third-order valence-corrected chi connectivity index (χ3v) is 2.12. The molecule has 0 spiro atoms. The standard InChI is InChI=1S/C11H14N2O/c1-9-2-4-10(5-3-9)13-11-8-14-7-6-12-11/h2-5H,6-8H2,1H3,(H,12,13). The van der Waals surface area contributed by atoms with Gasteiger partial charge in [0.1, 0.15) is 12.4 Å². The van der Waals surface area contributed by atoms with Gasteiger partial charge in [0.05, 0.1) is 13.2 Å². The number of hydrogen-bond acceptors (Lipinski definition) is 3. The molecule has 74 valence electrons. The molecule has 0 fully saturated rings. The molecule has 0 atom stereocenters. The van der Waals surface area contributed by atoms with Gasteiger partial charge < -0.3 is 10.1 Å². The Bertz CT molecular complexity index is 330. The molecule has 1 aliphatic rings. The van der Waals surface area contributed by atoms with E-state index in [1.54, 1.807) is 0 Å². The van der Waals surface area contributed by atoms with E-state index in [0.29, 0.717) is 6.61 Å². The van der Waals surface area contributed by atoms with Gasteiger partial charge in [0.15, 0.2) is 0 Å². The molecule has 0 saturated carbocycles. The summed E-state index contributed by atoms with van der Waals surface area (Å²) < 4.78 is 5.28. The number of benzene rings is 1. The van der Waals surface area contributed by atoms with Crippen LogP contribution in [0.4, 0.5) is 5.69 Å². The van der Waals surface area contributed by atoms with Crippen molar-refractivity contribution in [3.05, 3.63) is 29.8 Å². The van der Waals surface area contributed by atoms with Crippen LogP contribution in [0.25, 0.3) is 0 Å². The van der Waals surface area contributed by atoms with Gasteiger partial charge in [0.2, 0.25) is 0 Å². The fraction of sp³-hybridized carbons (Fsp3) is 0.364. The molecule has 0 aliphatic carbocycles. The van der Waals surface area contributed by atoms with E-state index in [1.165, 1.54) is 5.56 Å². The van der Waals surface area contributed by atoms with Crippen LogP contribution in [0.2, 0.25) is 0 Å². The smallest absolute Gasteiger partial charge is 0.127 e. The number of nitrogens with zero attached hydrogens (tertiary/aromatic N) is 1. The van der Waals surface area contributed by atoms with Gasteiger partial charge in [-0.25, -0.2) is 0 Å². The normalized spacial score (nSPS) is 16.2. The van der Waals surface area contributed by atoms with Crippen molar-refractivity contribution < 1.29 is 4.74 Å². The van der Waals surface area contributed by atoms with E-state index in [1.807, 2.05) is 12.1 Å². The first-order valence-electron chi connectivity index (χ1n) is 4.79. The lowest BCUT2D eigenvalue weighted by atomic mass is 10.2. The molecule has 1 heterocycles. The van der Waals surface area contributed by atoms with Crippen molar-refractivity contribution in [2.75, 3.05) is 25.1 Å². The molecule has 0 bridgehead atoms. The summed E-state index contributed by atoms with van der Waals surface area (Å²) >= 11 is 0. The summed E-state index contributed by atoms with van der Waals surface area (Å²) in [5.74, 6) is 0.917. The quantitative estimate of drug-likeness (QED) is 0.733. The van der Waals surface area contributed by atoms with Gasteiger partial charge in [-0.15, -0.1) is 0 Å². The van der Waals surface area contributed by atoms with Gasteiger partial charge >= 0.3 is 0 Å². The Morgan fingerprint density at radius 1 is 1.29 bits per heavy atom. The van der Waals surface area contributed by atoms with E-state index in [9.17, 15) is 0 Å². The second-order valence-electron chi connectivity index (χ2n) is 3.37.